The van der Waals surface area contributed by atoms with Crippen molar-refractivity contribution in [1.82, 2.24) is 0 Å². The maximum absolute atomic E-state index is 14.8. The Bertz CT molecular complexity index is 1450. The number of benzene rings is 4. The standard InChI is InChI=1S/C30H21F7O2/c1-2-3-18-4-6-19(7-5-18)20-8-10-21(11-9-20)22-12-13-24(25(31)14-22)30(36,37)39-23-15-26(32)29(27(33)16-23)38-17-28(34)35/h4-17H,2-3H2,1H3. The molecule has 0 unspecified atom stereocenters. The van der Waals surface area contributed by atoms with Crippen LogP contribution in [0.2, 0.25) is 0 Å². The van der Waals surface area contributed by atoms with Crippen molar-refractivity contribution in [2.75, 3.05) is 0 Å². The maximum Gasteiger partial charge on any atom is 0.429 e. The molecule has 0 aliphatic rings. The van der Waals surface area contributed by atoms with Crippen molar-refractivity contribution in [3.8, 4) is 33.8 Å². The molecule has 0 saturated carbocycles. The van der Waals surface area contributed by atoms with Crippen molar-refractivity contribution in [2.45, 2.75) is 25.9 Å². The first kappa shape index (κ1) is 27.8. The van der Waals surface area contributed by atoms with E-state index in [1.165, 1.54) is 11.6 Å². The molecule has 0 N–H and O–H groups in total. The van der Waals surface area contributed by atoms with Crippen LogP contribution in [-0.4, -0.2) is 0 Å². The summed E-state index contributed by atoms with van der Waals surface area (Å²) >= 11 is 0. The minimum Gasteiger partial charge on any atom is -0.453 e. The zero-order valence-corrected chi connectivity index (χ0v) is 20.5. The van der Waals surface area contributed by atoms with Gasteiger partial charge in [0.05, 0.1) is 5.56 Å². The molecule has 0 aliphatic heterocycles. The van der Waals surface area contributed by atoms with E-state index < -0.39 is 46.7 Å². The maximum atomic E-state index is 14.8. The number of hydrogen-bond acceptors (Lipinski definition) is 2. The van der Waals surface area contributed by atoms with Crippen LogP contribution in [0, 0.1) is 17.5 Å². The largest absolute Gasteiger partial charge is 0.453 e. The van der Waals surface area contributed by atoms with Gasteiger partial charge in [0.15, 0.2) is 23.6 Å². The highest BCUT2D eigenvalue weighted by molar-refractivity contribution is 5.70. The molecule has 0 radical (unpaired) electrons. The fourth-order valence-electron chi connectivity index (χ4n) is 3.95. The average molecular weight is 546 g/mol. The minimum absolute atomic E-state index is 0.216. The van der Waals surface area contributed by atoms with Crippen LogP contribution in [0.15, 0.2) is 91.2 Å². The molecule has 4 aromatic carbocycles. The van der Waals surface area contributed by atoms with Gasteiger partial charge in [-0.05, 0) is 46.4 Å². The van der Waals surface area contributed by atoms with Crippen molar-refractivity contribution < 1.29 is 40.2 Å². The summed E-state index contributed by atoms with van der Waals surface area (Å²) in [5, 5.41) is 0. The monoisotopic (exact) mass is 546 g/mol. The molecule has 0 aromatic heterocycles. The molecule has 202 valence electrons. The Balaban J connectivity index is 1.52. The molecular formula is C30H21F7O2. The molecule has 0 spiro atoms. The van der Waals surface area contributed by atoms with E-state index in [1.54, 1.807) is 12.1 Å². The molecule has 39 heavy (non-hydrogen) atoms. The zero-order chi connectivity index (χ0) is 28.2. The second-order valence-electron chi connectivity index (χ2n) is 8.58. The first-order valence-corrected chi connectivity index (χ1v) is 11.8. The first-order valence-electron chi connectivity index (χ1n) is 11.8. The second-order valence-corrected chi connectivity index (χ2v) is 8.58. The lowest BCUT2D eigenvalue weighted by Gasteiger charge is -2.20. The van der Waals surface area contributed by atoms with Gasteiger partial charge >= 0.3 is 12.2 Å². The Morgan fingerprint density at radius 2 is 1.23 bits per heavy atom. The summed E-state index contributed by atoms with van der Waals surface area (Å²) in [6, 6.07) is 18.9. The lowest BCUT2D eigenvalue weighted by atomic mass is 9.98. The fraction of sp³-hybridized carbons (Fsp3) is 0.133. The van der Waals surface area contributed by atoms with Crippen molar-refractivity contribution in [2.24, 2.45) is 0 Å². The molecule has 0 aliphatic carbocycles. The third-order valence-corrected chi connectivity index (χ3v) is 5.81. The van der Waals surface area contributed by atoms with E-state index in [0.29, 0.717) is 23.3 Å². The van der Waals surface area contributed by atoms with E-state index in [0.717, 1.165) is 36.1 Å². The van der Waals surface area contributed by atoms with E-state index in [-0.39, 0.29) is 6.26 Å². The summed E-state index contributed by atoms with van der Waals surface area (Å²) in [6.45, 7) is 2.11. The molecule has 0 saturated heterocycles. The van der Waals surface area contributed by atoms with Crippen molar-refractivity contribution in [3.05, 3.63) is 120 Å². The molecule has 0 bridgehead atoms. The molecule has 0 atom stereocenters. The lowest BCUT2D eigenvalue weighted by molar-refractivity contribution is -0.187. The topological polar surface area (TPSA) is 18.5 Å². The Hall–Kier alpha value is -4.27. The van der Waals surface area contributed by atoms with Crippen LogP contribution in [0.4, 0.5) is 30.7 Å². The highest BCUT2D eigenvalue weighted by Crippen LogP contribution is 2.37. The molecule has 4 aromatic rings. The molecule has 4 rings (SSSR count). The van der Waals surface area contributed by atoms with Gasteiger partial charge in [0, 0.05) is 12.1 Å². The summed E-state index contributed by atoms with van der Waals surface area (Å²) < 4.78 is 105. The van der Waals surface area contributed by atoms with Gasteiger partial charge in [0.25, 0.3) is 0 Å². The number of aryl methyl sites for hydroxylation is 1. The SMILES string of the molecule is CCCc1ccc(-c2ccc(-c3ccc(C(F)(F)Oc4cc(F)c(OC=C(F)F)c(F)c4)c(F)c3)cc2)cc1. The van der Waals surface area contributed by atoms with Crippen LogP contribution in [-0.2, 0) is 12.5 Å². The third kappa shape index (κ3) is 6.60. The van der Waals surface area contributed by atoms with E-state index in [1.807, 2.05) is 24.3 Å². The number of hydrogen-bond donors (Lipinski definition) is 0. The van der Waals surface area contributed by atoms with Gasteiger partial charge in [-0.1, -0.05) is 67.9 Å². The Kier molecular flexibility index (Phi) is 8.28. The Morgan fingerprint density at radius 1 is 0.718 bits per heavy atom. The van der Waals surface area contributed by atoms with Crippen LogP contribution in [0.1, 0.15) is 24.5 Å². The van der Waals surface area contributed by atoms with Crippen LogP contribution in [0.3, 0.4) is 0 Å². The van der Waals surface area contributed by atoms with Gasteiger partial charge in [-0.2, -0.15) is 17.6 Å². The molecule has 0 amide bonds. The third-order valence-electron chi connectivity index (χ3n) is 5.81. The number of rotatable bonds is 9. The van der Waals surface area contributed by atoms with Gasteiger partial charge in [-0.3, -0.25) is 0 Å². The van der Waals surface area contributed by atoms with Crippen molar-refractivity contribution in [1.29, 1.82) is 0 Å². The predicted molar refractivity (Wildman–Crippen MR) is 133 cm³/mol. The van der Waals surface area contributed by atoms with Crippen LogP contribution >= 0.6 is 0 Å². The Labute approximate surface area is 219 Å². The van der Waals surface area contributed by atoms with Crippen molar-refractivity contribution >= 4 is 0 Å². The van der Waals surface area contributed by atoms with E-state index >= 15 is 0 Å². The van der Waals surface area contributed by atoms with E-state index in [4.69, 9.17) is 0 Å². The molecular weight excluding hydrogens is 525 g/mol. The van der Waals surface area contributed by atoms with Crippen LogP contribution < -0.4 is 9.47 Å². The number of halogens is 7. The second kappa shape index (κ2) is 11.6. The molecule has 9 heteroatoms. The summed E-state index contributed by atoms with van der Waals surface area (Å²) in [5.74, 6) is -6.70. The summed E-state index contributed by atoms with van der Waals surface area (Å²) in [6.07, 6.45) is -4.87. The van der Waals surface area contributed by atoms with Gasteiger partial charge in [-0.25, -0.2) is 13.2 Å². The molecule has 0 heterocycles. The van der Waals surface area contributed by atoms with Crippen molar-refractivity contribution in [3.63, 3.8) is 0 Å². The summed E-state index contributed by atoms with van der Waals surface area (Å²) in [4.78, 5) is 0. The quantitative estimate of drug-likeness (QED) is 0.154. The van der Waals surface area contributed by atoms with Gasteiger partial charge in [0.2, 0.25) is 0 Å². The number of ether oxygens (including phenoxy) is 2. The average Bonchev–Trinajstić information content (AvgIpc) is 2.88. The normalized spacial score (nSPS) is 11.3. The smallest absolute Gasteiger partial charge is 0.429 e. The van der Waals surface area contributed by atoms with Crippen LogP contribution in [0.5, 0.6) is 11.5 Å². The van der Waals surface area contributed by atoms with E-state index in [9.17, 15) is 30.7 Å². The highest BCUT2D eigenvalue weighted by Gasteiger charge is 2.38. The lowest BCUT2D eigenvalue weighted by Crippen LogP contribution is -2.23. The Morgan fingerprint density at radius 3 is 1.74 bits per heavy atom. The summed E-state index contributed by atoms with van der Waals surface area (Å²) in [7, 11) is 0. The van der Waals surface area contributed by atoms with Gasteiger partial charge < -0.3 is 9.47 Å². The molecule has 0 fully saturated rings. The predicted octanol–water partition coefficient (Wildman–Crippen LogP) is 9.64. The van der Waals surface area contributed by atoms with Crippen LogP contribution in [0.25, 0.3) is 22.3 Å². The number of alkyl halides is 2. The van der Waals surface area contributed by atoms with Gasteiger partial charge in [-0.15, -0.1) is 0 Å². The summed E-state index contributed by atoms with van der Waals surface area (Å²) in [5.41, 5.74) is 2.90. The van der Waals surface area contributed by atoms with Gasteiger partial charge in [0.1, 0.15) is 11.6 Å². The highest BCUT2D eigenvalue weighted by atomic mass is 19.3. The fourth-order valence-corrected chi connectivity index (χ4v) is 3.95. The molecule has 2 nitrogen and oxygen atoms in total. The van der Waals surface area contributed by atoms with E-state index in [2.05, 4.69) is 28.5 Å². The zero-order valence-electron chi connectivity index (χ0n) is 20.5. The first-order chi connectivity index (χ1) is 18.6. The minimum atomic E-state index is -4.32.